The maximum Gasteiger partial charge on any atom is 0.302 e. The molecule has 222 valence electrons. The summed E-state index contributed by atoms with van der Waals surface area (Å²) in [6.07, 6.45) is 9.85. The first kappa shape index (κ1) is 28.5. The number of allylic oxidation sites excluding steroid dienone is 1. The largest absolute Gasteiger partial charge is 0.462 e. The highest BCUT2D eigenvalue weighted by atomic mass is 16.5. The Morgan fingerprint density at radius 2 is 1.62 bits per heavy atom. The number of carbonyl (C=O) groups is 3. The zero-order valence-electron chi connectivity index (χ0n) is 26.5. The first-order valence-electron chi connectivity index (χ1n) is 16.4. The molecule has 5 nitrogen and oxygen atoms in total. The third-order valence-corrected chi connectivity index (χ3v) is 14.2. The average Bonchev–Trinajstić information content (AvgIpc) is 3.13. The summed E-state index contributed by atoms with van der Waals surface area (Å²) >= 11 is 0. The van der Waals surface area contributed by atoms with E-state index in [4.69, 9.17) is 4.74 Å². The number of ketones is 1. The second kappa shape index (κ2) is 8.93. The number of nitrogens with zero attached hydrogens (tertiary/aromatic N) is 1. The molecule has 6 aliphatic rings. The van der Waals surface area contributed by atoms with Crippen molar-refractivity contribution >= 4 is 17.7 Å². The van der Waals surface area contributed by atoms with E-state index in [9.17, 15) is 14.4 Å². The second-order valence-corrected chi connectivity index (χ2v) is 16.4. The van der Waals surface area contributed by atoms with Gasteiger partial charge in [-0.05, 0) is 97.4 Å². The molecule has 1 heterocycles. The summed E-state index contributed by atoms with van der Waals surface area (Å²) in [6, 6.07) is 0. The van der Waals surface area contributed by atoms with Crippen molar-refractivity contribution in [3.8, 4) is 0 Å². The van der Waals surface area contributed by atoms with Crippen LogP contribution in [0.4, 0.5) is 0 Å². The van der Waals surface area contributed by atoms with Gasteiger partial charge in [-0.1, -0.05) is 54.0 Å². The summed E-state index contributed by atoms with van der Waals surface area (Å²) < 4.78 is 5.91. The van der Waals surface area contributed by atoms with E-state index in [2.05, 4.69) is 48.5 Å². The quantitative estimate of drug-likeness (QED) is 0.276. The molecule has 6 rings (SSSR count). The maximum atomic E-state index is 14.2. The van der Waals surface area contributed by atoms with Crippen LogP contribution in [0.5, 0.6) is 0 Å². The Bertz CT molecular complexity index is 1160. The van der Waals surface area contributed by atoms with Crippen molar-refractivity contribution in [1.29, 1.82) is 0 Å². The average molecular weight is 552 g/mol. The Balaban J connectivity index is 1.43. The van der Waals surface area contributed by atoms with Gasteiger partial charge in [-0.15, -0.1) is 0 Å². The number of hydrogen-bond acceptors (Lipinski definition) is 4. The van der Waals surface area contributed by atoms with Gasteiger partial charge in [0, 0.05) is 37.8 Å². The summed E-state index contributed by atoms with van der Waals surface area (Å²) in [5.74, 6) is 1.62. The number of carbonyl (C=O) groups excluding carboxylic acids is 3. The molecule has 0 aromatic rings. The minimum absolute atomic E-state index is 0.00654. The van der Waals surface area contributed by atoms with Gasteiger partial charge in [-0.3, -0.25) is 14.4 Å². The van der Waals surface area contributed by atoms with E-state index in [1.807, 2.05) is 4.90 Å². The van der Waals surface area contributed by atoms with Crippen molar-refractivity contribution in [3.63, 3.8) is 0 Å². The predicted octanol–water partition coefficient (Wildman–Crippen LogP) is 7.13. The Morgan fingerprint density at radius 3 is 2.23 bits per heavy atom. The molecule has 8 atom stereocenters. The molecule has 0 radical (unpaired) electrons. The summed E-state index contributed by atoms with van der Waals surface area (Å²) in [4.78, 5) is 41.9. The van der Waals surface area contributed by atoms with Gasteiger partial charge in [0.05, 0.1) is 5.41 Å². The Hall–Kier alpha value is -1.65. The molecule has 1 saturated heterocycles. The highest BCUT2D eigenvalue weighted by molar-refractivity contribution is 6.00. The molecule has 1 aliphatic heterocycles. The van der Waals surface area contributed by atoms with Crippen LogP contribution in [0.2, 0.25) is 0 Å². The normalized spacial score (nSPS) is 45.7. The van der Waals surface area contributed by atoms with Crippen molar-refractivity contribution in [2.24, 2.45) is 50.7 Å². The minimum Gasteiger partial charge on any atom is -0.462 e. The molecule has 0 aromatic heterocycles. The van der Waals surface area contributed by atoms with Gasteiger partial charge in [-0.25, -0.2) is 0 Å². The fraction of sp³-hybridized carbons (Fsp3) is 0.857. The molecule has 0 aromatic carbocycles. The molecule has 5 fully saturated rings. The van der Waals surface area contributed by atoms with E-state index >= 15 is 0 Å². The number of likely N-dealkylation sites (tertiary alicyclic amines) is 1. The third kappa shape index (κ3) is 3.47. The highest BCUT2D eigenvalue weighted by Gasteiger charge is 2.70. The molecule has 4 saturated carbocycles. The Labute approximate surface area is 242 Å². The fourth-order valence-corrected chi connectivity index (χ4v) is 12.0. The first-order chi connectivity index (χ1) is 18.6. The number of esters is 1. The maximum absolute atomic E-state index is 14.2. The van der Waals surface area contributed by atoms with E-state index in [-0.39, 0.29) is 51.5 Å². The van der Waals surface area contributed by atoms with Crippen LogP contribution >= 0.6 is 0 Å². The van der Waals surface area contributed by atoms with Crippen molar-refractivity contribution in [2.45, 2.75) is 126 Å². The second-order valence-electron chi connectivity index (χ2n) is 16.4. The van der Waals surface area contributed by atoms with E-state index in [1.165, 1.54) is 11.1 Å². The fourth-order valence-electron chi connectivity index (χ4n) is 12.0. The first-order valence-corrected chi connectivity index (χ1v) is 16.4. The smallest absolute Gasteiger partial charge is 0.302 e. The van der Waals surface area contributed by atoms with Gasteiger partial charge in [0.15, 0.2) is 0 Å². The van der Waals surface area contributed by atoms with Crippen molar-refractivity contribution in [3.05, 3.63) is 11.1 Å². The van der Waals surface area contributed by atoms with Crippen LogP contribution in [0, 0.1) is 50.7 Å². The van der Waals surface area contributed by atoms with Gasteiger partial charge >= 0.3 is 5.97 Å². The lowest BCUT2D eigenvalue weighted by Crippen LogP contribution is -2.64. The van der Waals surface area contributed by atoms with Crippen molar-refractivity contribution in [2.75, 3.05) is 13.1 Å². The number of ether oxygens (including phenoxy) is 1. The monoisotopic (exact) mass is 551 g/mol. The number of fused-ring (bicyclic) bond motifs is 6. The Kier molecular flexibility index (Phi) is 6.35. The van der Waals surface area contributed by atoms with E-state index in [1.54, 1.807) is 6.92 Å². The summed E-state index contributed by atoms with van der Waals surface area (Å²) in [5.41, 5.74) is 2.47. The topological polar surface area (TPSA) is 63.7 Å². The van der Waals surface area contributed by atoms with Crippen LogP contribution in [-0.4, -0.2) is 41.8 Å². The van der Waals surface area contributed by atoms with E-state index in [0.29, 0.717) is 24.0 Å². The van der Waals surface area contributed by atoms with E-state index in [0.717, 1.165) is 70.9 Å². The van der Waals surface area contributed by atoms with Crippen LogP contribution in [0.3, 0.4) is 0 Å². The molecular weight excluding hydrogens is 498 g/mol. The lowest BCUT2D eigenvalue weighted by atomic mass is 9.34. The van der Waals surface area contributed by atoms with Crippen LogP contribution in [0.25, 0.3) is 0 Å². The molecule has 0 bridgehead atoms. The van der Waals surface area contributed by atoms with Gasteiger partial charge in [0.2, 0.25) is 5.91 Å². The van der Waals surface area contributed by atoms with Crippen LogP contribution in [0.1, 0.15) is 120 Å². The van der Waals surface area contributed by atoms with Crippen molar-refractivity contribution in [1.82, 2.24) is 4.90 Å². The summed E-state index contributed by atoms with van der Waals surface area (Å²) in [6.45, 7) is 20.0. The number of hydrogen-bond donors (Lipinski definition) is 0. The lowest BCUT2D eigenvalue weighted by molar-refractivity contribution is -0.213. The van der Waals surface area contributed by atoms with Crippen LogP contribution in [0.15, 0.2) is 11.1 Å². The molecule has 1 amide bonds. The van der Waals surface area contributed by atoms with Crippen molar-refractivity contribution < 1.29 is 19.1 Å². The van der Waals surface area contributed by atoms with Gasteiger partial charge in [0.25, 0.3) is 0 Å². The Morgan fingerprint density at radius 1 is 0.925 bits per heavy atom. The zero-order valence-corrected chi connectivity index (χ0v) is 26.5. The lowest BCUT2D eigenvalue weighted by Gasteiger charge is -2.70. The molecule has 5 heteroatoms. The highest BCUT2D eigenvalue weighted by Crippen LogP contribution is 2.76. The predicted molar refractivity (Wildman–Crippen MR) is 156 cm³/mol. The van der Waals surface area contributed by atoms with Gasteiger partial charge < -0.3 is 9.64 Å². The number of Topliss-reactive ketones (excluding diaryl/α,β-unsaturated/α-hetero) is 1. The molecule has 5 aliphatic carbocycles. The van der Waals surface area contributed by atoms with Gasteiger partial charge in [-0.2, -0.15) is 0 Å². The molecular formula is C35H53NO4. The van der Waals surface area contributed by atoms with Crippen LogP contribution in [-0.2, 0) is 19.1 Å². The van der Waals surface area contributed by atoms with E-state index < -0.39 is 5.41 Å². The molecule has 40 heavy (non-hydrogen) atoms. The SMILES string of the molecule is CC(=O)O[C@H]1CC[C@]2(C)[C@H]3CCC4=C5C(C(C)C)C(=O)C[C@]5(C(=O)N5CCC5)CC[C@@]4(C)[C@]3(C)CC[C@H]2C1(C)C. The standard InChI is InChI=1S/C35H53NO4/c1-21(2)28-24(38)20-35(30(39)36-18-9-19-36)17-16-33(7)23(29(28)35)10-11-26-32(6)14-13-27(40-22(3)37)31(4,5)25(32)12-15-34(26,33)8/h21,25-28H,9-20H2,1-8H3/t25-,26+,27-,28?,32-,33+,34+,35+/m0/s1. The zero-order chi connectivity index (χ0) is 29.0. The summed E-state index contributed by atoms with van der Waals surface area (Å²) in [5, 5.41) is 0. The summed E-state index contributed by atoms with van der Waals surface area (Å²) in [7, 11) is 0. The number of amides is 1. The molecule has 0 N–H and O–H groups in total. The van der Waals surface area contributed by atoms with Crippen LogP contribution < -0.4 is 0 Å². The molecule has 1 unspecified atom stereocenters. The minimum atomic E-state index is -0.588. The molecule has 0 spiro atoms. The third-order valence-electron chi connectivity index (χ3n) is 14.2. The number of rotatable bonds is 3. The van der Waals surface area contributed by atoms with Gasteiger partial charge in [0.1, 0.15) is 11.9 Å².